The summed E-state index contributed by atoms with van der Waals surface area (Å²) in [6.45, 7) is 4.78. The van der Waals surface area contributed by atoms with Crippen molar-refractivity contribution in [2.45, 2.75) is 32.9 Å². The fraction of sp³-hybridized carbons (Fsp3) is 0.438. The van der Waals surface area contributed by atoms with Gasteiger partial charge in [0.15, 0.2) is 0 Å². The lowest BCUT2D eigenvalue weighted by molar-refractivity contribution is -0.137. The monoisotopic (exact) mass is 296 g/mol. The zero-order valence-electron chi connectivity index (χ0n) is 12.5. The second-order valence-electron chi connectivity index (χ2n) is 5.29. The molecule has 0 N–H and O–H groups in total. The van der Waals surface area contributed by atoms with Gasteiger partial charge in [0.05, 0.1) is 11.1 Å². The minimum Gasteiger partial charge on any atom is -0.374 e. The van der Waals surface area contributed by atoms with Crippen molar-refractivity contribution < 1.29 is 13.2 Å². The molecule has 0 aliphatic rings. The molecule has 1 aromatic heterocycles. The fourth-order valence-corrected chi connectivity index (χ4v) is 2.35. The Morgan fingerprint density at radius 2 is 1.90 bits per heavy atom. The van der Waals surface area contributed by atoms with Crippen LogP contribution in [0.3, 0.4) is 0 Å². The van der Waals surface area contributed by atoms with E-state index >= 15 is 0 Å². The fourth-order valence-electron chi connectivity index (χ4n) is 2.35. The van der Waals surface area contributed by atoms with Crippen molar-refractivity contribution in [3.8, 4) is 0 Å². The van der Waals surface area contributed by atoms with Gasteiger partial charge in [-0.2, -0.15) is 13.2 Å². The predicted octanol–water partition coefficient (Wildman–Crippen LogP) is 4.80. The Labute approximate surface area is 122 Å². The lowest BCUT2D eigenvalue weighted by Gasteiger charge is -2.21. The molecule has 0 saturated heterocycles. The van der Waals surface area contributed by atoms with E-state index in [2.05, 4.69) is 16.8 Å². The highest BCUT2D eigenvalue weighted by molar-refractivity contribution is 5.92. The Kier molecular flexibility index (Phi) is 4.40. The van der Waals surface area contributed by atoms with Gasteiger partial charge in [-0.05, 0) is 31.5 Å². The van der Waals surface area contributed by atoms with Crippen LogP contribution in [0.5, 0.6) is 0 Å². The lowest BCUT2D eigenvalue weighted by Crippen LogP contribution is -2.19. The number of hydrogen-bond donors (Lipinski definition) is 0. The quantitative estimate of drug-likeness (QED) is 0.805. The molecule has 0 atom stereocenters. The van der Waals surface area contributed by atoms with Crippen LogP contribution in [0.25, 0.3) is 10.9 Å². The summed E-state index contributed by atoms with van der Waals surface area (Å²) in [6.07, 6.45) is -2.22. The maximum Gasteiger partial charge on any atom is 0.416 e. The lowest BCUT2D eigenvalue weighted by atomic mass is 10.1. The summed E-state index contributed by atoms with van der Waals surface area (Å²) in [4.78, 5) is 6.32. The maximum absolute atomic E-state index is 12.8. The first-order valence-electron chi connectivity index (χ1n) is 7.02. The molecule has 2 nitrogen and oxygen atoms in total. The van der Waals surface area contributed by atoms with Crippen molar-refractivity contribution in [3.05, 3.63) is 35.5 Å². The van der Waals surface area contributed by atoms with Gasteiger partial charge in [-0.15, -0.1) is 0 Å². The van der Waals surface area contributed by atoms with Crippen LogP contribution in [0.15, 0.2) is 24.3 Å². The van der Waals surface area contributed by atoms with Crippen LogP contribution in [-0.2, 0) is 6.18 Å². The third-order valence-corrected chi connectivity index (χ3v) is 3.50. The number of aromatic nitrogens is 1. The van der Waals surface area contributed by atoms with E-state index < -0.39 is 11.7 Å². The molecule has 5 heteroatoms. The van der Waals surface area contributed by atoms with E-state index in [4.69, 9.17) is 0 Å². The molecular weight excluding hydrogens is 277 g/mol. The van der Waals surface area contributed by atoms with Crippen LogP contribution >= 0.6 is 0 Å². The smallest absolute Gasteiger partial charge is 0.374 e. The number of unbranched alkanes of at least 4 members (excludes halogenated alkanes) is 1. The summed E-state index contributed by atoms with van der Waals surface area (Å²) in [7, 11) is 1.96. The van der Waals surface area contributed by atoms with E-state index in [1.54, 1.807) is 6.92 Å². The van der Waals surface area contributed by atoms with Gasteiger partial charge in [0.2, 0.25) is 0 Å². The maximum atomic E-state index is 12.8. The highest BCUT2D eigenvalue weighted by Gasteiger charge is 2.30. The van der Waals surface area contributed by atoms with Gasteiger partial charge < -0.3 is 4.90 Å². The van der Waals surface area contributed by atoms with E-state index in [1.165, 1.54) is 6.07 Å². The second kappa shape index (κ2) is 5.92. The van der Waals surface area contributed by atoms with Gasteiger partial charge in [0, 0.05) is 30.4 Å². The third kappa shape index (κ3) is 3.46. The number of hydrogen-bond acceptors (Lipinski definition) is 2. The van der Waals surface area contributed by atoms with E-state index in [9.17, 15) is 13.2 Å². The molecule has 21 heavy (non-hydrogen) atoms. The van der Waals surface area contributed by atoms with Gasteiger partial charge in [-0.3, -0.25) is 4.98 Å². The van der Waals surface area contributed by atoms with Crippen LogP contribution < -0.4 is 4.90 Å². The molecule has 2 rings (SSSR count). The molecule has 0 aliphatic heterocycles. The van der Waals surface area contributed by atoms with Crippen molar-refractivity contribution >= 4 is 16.6 Å². The molecule has 0 radical (unpaired) electrons. The molecule has 0 bridgehead atoms. The largest absolute Gasteiger partial charge is 0.416 e. The molecule has 2 aromatic rings. The second-order valence-corrected chi connectivity index (χ2v) is 5.29. The summed E-state index contributed by atoms with van der Waals surface area (Å²) in [5, 5.41) is 0.757. The number of halogens is 3. The Hall–Kier alpha value is -1.78. The molecule has 0 spiro atoms. The minimum absolute atomic E-state index is 0.392. The molecule has 0 aliphatic carbocycles. The third-order valence-electron chi connectivity index (χ3n) is 3.50. The van der Waals surface area contributed by atoms with Crippen molar-refractivity contribution in [1.82, 2.24) is 4.98 Å². The molecule has 0 amide bonds. The average Bonchev–Trinajstić information content (AvgIpc) is 2.42. The molecule has 0 fully saturated rings. The Balaban J connectivity index is 2.52. The Morgan fingerprint density at radius 1 is 1.19 bits per heavy atom. The topological polar surface area (TPSA) is 16.1 Å². The zero-order valence-corrected chi connectivity index (χ0v) is 12.5. The SMILES string of the molecule is CCCCN(C)c1cc(C)nc2cc(C(F)(F)F)ccc12. The summed E-state index contributed by atoms with van der Waals surface area (Å²) in [5.41, 5.74) is 1.39. The number of alkyl halides is 3. The normalized spacial score (nSPS) is 11.9. The number of rotatable bonds is 4. The van der Waals surface area contributed by atoms with Gasteiger partial charge in [0.1, 0.15) is 0 Å². The highest BCUT2D eigenvalue weighted by atomic mass is 19.4. The number of pyridine rings is 1. The minimum atomic E-state index is -4.34. The van der Waals surface area contributed by atoms with Gasteiger partial charge >= 0.3 is 6.18 Å². The number of anilines is 1. The zero-order chi connectivity index (χ0) is 15.6. The first-order valence-corrected chi connectivity index (χ1v) is 7.02. The molecule has 0 saturated carbocycles. The molecule has 1 aromatic carbocycles. The Morgan fingerprint density at radius 3 is 2.52 bits per heavy atom. The predicted molar refractivity (Wildman–Crippen MR) is 79.7 cm³/mol. The van der Waals surface area contributed by atoms with Crippen molar-refractivity contribution in [1.29, 1.82) is 0 Å². The van der Waals surface area contributed by atoms with Gasteiger partial charge in [-0.25, -0.2) is 0 Å². The number of benzene rings is 1. The van der Waals surface area contributed by atoms with Crippen LogP contribution in [0.4, 0.5) is 18.9 Å². The summed E-state index contributed by atoms with van der Waals surface area (Å²) >= 11 is 0. The molecular formula is C16H19F3N2. The van der Waals surface area contributed by atoms with Crippen LogP contribution in [0, 0.1) is 6.92 Å². The van der Waals surface area contributed by atoms with Crippen LogP contribution in [0.2, 0.25) is 0 Å². The summed E-state index contributed by atoms with van der Waals surface area (Å²) in [6, 6.07) is 5.68. The first kappa shape index (κ1) is 15.6. The van der Waals surface area contributed by atoms with Crippen LogP contribution in [0.1, 0.15) is 31.0 Å². The number of aryl methyl sites for hydroxylation is 1. The number of fused-ring (bicyclic) bond motifs is 1. The summed E-state index contributed by atoms with van der Waals surface area (Å²) < 4.78 is 38.4. The highest BCUT2D eigenvalue weighted by Crippen LogP contribution is 2.33. The Bertz CT molecular complexity index is 635. The first-order chi connectivity index (χ1) is 9.82. The van der Waals surface area contributed by atoms with Crippen LogP contribution in [-0.4, -0.2) is 18.6 Å². The van der Waals surface area contributed by atoms with Crippen molar-refractivity contribution in [2.75, 3.05) is 18.5 Å². The van der Waals surface area contributed by atoms with E-state index in [-0.39, 0.29) is 0 Å². The molecule has 0 unspecified atom stereocenters. The van der Waals surface area contributed by atoms with E-state index in [0.717, 1.165) is 48.3 Å². The van der Waals surface area contributed by atoms with Crippen molar-refractivity contribution in [3.63, 3.8) is 0 Å². The standard InChI is InChI=1S/C16H19F3N2/c1-4-5-8-21(3)15-9-11(2)20-14-10-12(16(17,18)19)6-7-13(14)15/h6-7,9-10H,4-5,8H2,1-3H3. The van der Waals surface area contributed by atoms with E-state index in [1.807, 2.05) is 13.1 Å². The number of nitrogens with zero attached hydrogens (tertiary/aromatic N) is 2. The van der Waals surface area contributed by atoms with Crippen molar-refractivity contribution in [2.24, 2.45) is 0 Å². The van der Waals surface area contributed by atoms with Gasteiger partial charge in [-0.1, -0.05) is 19.4 Å². The van der Waals surface area contributed by atoms with E-state index in [0.29, 0.717) is 5.52 Å². The molecule has 114 valence electrons. The van der Waals surface area contributed by atoms with Gasteiger partial charge in [0.25, 0.3) is 0 Å². The average molecular weight is 296 g/mol. The molecule has 1 heterocycles. The summed E-state index contributed by atoms with van der Waals surface area (Å²) in [5.74, 6) is 0.